The van der Waals surface area contributed by atoms with Gasteiger partial charge in [0.05, 0.1) is 0 Å². The van der Waals surface area contributed by atoms with Gasteiger partial charge in [-0.25, -0.2) is 0 Å². The predicted molar refractivity (Wildman–Crippen MR) is 85.6 cm³/mol. The molecule has 0 radical (unpaired) electrons. The van der Waals surface area contributed by atoms with Crippen molar-refractivity contribution in [2.75, 3.05) is 0 Å². The molecule has 0 aliphatic carbocycles. The number of hydrogen-bond acceptors (Lipinski definition) is 0. The Balaban J connectivity index is 2.83. The van der Waals surface area contributed by atoms with Gasteiger partial charge in [-0.05, 0) is 85.7 Å². The minimum absolute atomic E-state index is 0.777. The Kier molecular flexibility index (Phi) is 3.94. The van der Waals surface area contributed by atoms with E-state index in [0.29, 0.717) is 0 Å². The summed E-state index contributed by atoms with van der Waals surface area (Å²) in [7, 11) is 0. The minimum Gasteiger partial charge on any atom is -0.0843 e. The fourth-order valence-corrected chi connectivity index (χ4v) is 3.09. The lowest BCUT2D eigenvalue weighted by molar-refractivity contribution is 1.24. The van der Waals surface area contributed by atoms with Crippen LogP contribution in [0.1, 0.15) is 27.8 Å². The van der Waals surface area contributed by atoms with Crippen LogP contribution >= 0.6 is 23.2 Å². The summed E-state index contributed by atoms with van der Waals surface area (Å²) in [6, 6.07) is 6.05. The maximum atomic E-state index is 6.39. The zero-order chi connectivity index (χ0) is 14.3. The molecular weight excluding hydrogens is 275 g/mol. The normalized spacial score (nSPS) is 10.9. The average Bonchev–Trinajstić information content (AvgIpc) is 2.37. The molecule has 0 unspecified atom stereocenters. The van der Waals surface area contributed by atoms with Crippen LogP contribution in [0, 0.1) is 34.6 Å². The molecule has 0 nitrogen and oxygen atoms in total. The van der Waals surface area contributed by atoms with Gasteiger partial charge in [0.2, 0.25) is 0 Å². The topological polar surface area (TPSA) is 0 Å². The molecule has 0 N–H and O–H groups in total. The Morgan fingerprint density at radius 1 is 0.737 bits per heavy atom. The van der Waals surface area contributed by atoms with Crippen LogP contribution in [0.3, 0.4) is 0 Å². The third kappa shape index (κ3) is 2.40. The molecule has 0 bridgehead atoms. The highest BCUT2D eigenvalue weighted by atomic mass is 35.5. The lowest BCUT2D eigenvalue weighted by Crippen LogP contribution is -1.98. The van der Waals surface area contributed by atoms with Gasteiger partial charge in [-0.2, -0.15) is 0 Å². The largest absolute Gasteiger partial charge is 0.0843 e. The molecule has 0 saturated carbocycles. The van der Waals surface area contributed by atoms with Crippen molar-refractivity contribution >= 4 is 23.2 Å². The molecule has 0 aromatic heterocycles. The number of halogens is 2. The summed E-state index contributed by atoms with van der Waals surface area (Å²) in [6.07, 6.45) is 0. The van der Waals surface area contributed by atoms with Crippen LogP contribution in [0.4, 0.5) is 0 Å². The molecule has 0 saturated heterocycles. The number of benzene rings is 2. The summed E-state index contributed by atoms with van der Waals surface area (Å²) < 4.78 is 0. The maximum Gasteiger partial charge on any atom is 0.0470 e. The molecule has 2 rings (SSSR count). The van der Waals surface area contributed by atoms with Crippen LogP contribution in [0.15, 0.2) is 18.2 Å². The molecule has 19 heavy (non-hydrogen) atoms. The Bertz CT molecular complexity index is 626. The van der Waals surface area contributed by atoms with Gasteiger partial charge in [0.15, 0.2) is 0 Å². The number of hydrogen-bond donors (Lipinski definition) is 0. The van der Waals surface area contributed by atoms with Gasteiger partial charge in [-0.15, -0.1) is 0 Å². The van der Waals surface area contributed by atoms with Gasteiger partial charge in [-0.1, -0.05) is 29.3 Å². The van der Waals surface area contributed by atoms with Crippen LogP contribution in [-0.2, 0) is 0 Å². The Morgan fingerprint density at radius 2 is 1.26 bits per heavy atom. The van der Waals surface area contributed by atoms with E-state index in [0.717, 1.165) is 21.2 Å². The molecule has 0 atom stereocenters. The van der Waals surface area contributed by atoms with Crippen molar-refractivity contribution in [3.63, 3.8) is 0 Å². The van der Waals surface area contributed by atoms with Crippen molar-refractivity contribution in [1.29, 1.82) is 0 Å². The summed E-state index contributed by atoms with van der Waals surface area (Å²) >= 11 is 12.4. The van der Waals surface area contributed by atoms with Gasteiger partial charge in [0, 0.05) is 10.0 Å². The lowest BCUT2D eigenvalue weighted by atomic mass is 9.88. The summed E-state index contributed by atoms with van der Waals surface area (Å²) in [4.78, 5) is 0. The van der Waals surface area contributed by atoms with E-state index in [-0.39, 0.29) is 0 Å². The fraction of sp³-hybridized carbons (Fsp3) is 0.294. The summed E-state index contributed by atoms with van der Waals surface area (Å²) in [5.74, 6) is 0. The zero-order valence-electron chi connectivity index (χ0n) is 12.0. The summed E-state index contributed by atoms with van der Waals surface area (Å²) in [6.45, 7) is 10.5. The van der Waals surface area contributed by atoms with Crippen LogP contribution in [-0.4, -0.2) is 0 Å². The standard InChI is InChI=1S/C17H18Cl2/c1-9-8-14(18)6-7-15(9)16-10(2)12(4)17(19)13(5)11(16)3/h6-8H,1-5H3. The molecule has 0 spiro atoms. The third-order valence-electron chi connectivity index (χ3n) is 3.99. The van der Waals surface area contributed by atoms with Crippen LogP contribution in [0.2, 0.25) is 10.0 Å². The average molecular weight is 293 g/mol. The molecule has 100 valence electrons. The first-order chi connectivity index (χ1) is 8.84. The van der Waals surface area contributed by atoms with Crippen molar-refractivity contribution in [1.82, 2.24) is 0 Å². The summed E-state index contributed by atoms with van der Waals surface area (Å²) in [5, 5.41) is 1.66. The second kappa shape index (κ2) is 5.19. The molecule has 2 aromatic carbocycles. The lowest BCUT2D eigenvalue weighted by Gasteiger charge is -2.19. The fourth-order valence-electron chi connectivity index (χ4n) is 2.58. The van der Waals surface area contributed by atoms with Crippen molar-refractivity contribution in [2.45, 2.75) is 34.6 Å². The molecule has 0 heterocycles. The van der Waals surface area contributed by atoms with Gasteiger partial charge < -0.3 is 0 Å². The Labute approximate surface area is 125 Å². The van der Waals surface area contributed by atoms with E-state index in [9.17, 15) is 0 Å². The Morgan fingerprint density at radius 3 is 1.74 bits per heavy atom. The number of aryl methyl sites for hydroxylation is 1. The van der Waals surface area contributed by atoms with Gasteiger partial charge in [0.1, 0.15) is 0 Å². The van der Waals surface area contributed by atoms with E-state index < -0.39 is 0 Å². The Hall–Kier alpha value is -0.980. The first-order valence-corrected chi connectivity index (χ1v) is 7.12. The van der Waals surface area contributed by atoms with E-state index in [4.69, 9.17) is 23.2 Å². The van der Waals surface area contributed by atoms with Crippen molar-refractivity contribution in [2.24, 2.45) is 0 Å². The third-order valence-corrected chi connectivity index (χ3v) is 4.79. The molecular formula is C17H18Cl2. The van der Waals surface area contributed by atoms with Gasteiger partial charge >= 0.3 is 0 Å². The maximum absolute atomic E-state index is 6.39. The second-order valence-electron chi connectivity index (χ2n) is 5.15. The molecule has 0 aliphatic heterocycles. The van der Waals surface area contributed by atoms with E-state index >= 15 is 0 Å². The van der Waals surface area contributed by atoms with E-state index in [1.54, 1.807) is 0 Å². The second-order valence-corrected chi connectivity index (χ2v) is 5.96. The SMILES string of the molecule is Cc1cc(Cl)ccc1-c1c(C)c(C)c(Cl)c(C)c1C. The zero-order valence-corrected chi connectivity index (χ0v) is 13.5. The quantitative estimate of drug-likeness (QED) is 0.587. The van der Waals surface area contributed by atoms with Crippen LogP contribution < -0.4 is 0 Å². The van der Waals surface area contributed by atoms with Crippen LogP contribution in [0.5, 0.6) is 0 Å². The first-order valence-electron chi connectivity index (χ1n) is 6.37. The number of rotatable bonds is 1. The van der Waals surface area contributed by atoms with E-state index in [2.05, 4.69) is 40.7 Å². The van der Waals surface area contributed by atoms with Crippen molar-refractivity contribution < 1.29 is 0 Å². The molecule has 0 fully saturated rings. The van der Waals surface area contributed by atoms with E-state index in [1.807, 2.05) is 12.1 Å². The summed E-state index contributed by atoms with van der Waals surface area (Å²) in [5.41, 5.74) is 8.54. The highest BCUT2D eigenvalue weighted by molar-refractivity contribution is 6.32. The molecule has 0 amide bonds. The minimum atomic E-state index is 0.777. The first kappa shape index (κ1) is 14.4. The molecule has 2 aromatic rings. The molecule has 0 aliphatic rings. The van der Waals surface area contributed by atoms with E-state index in [1.165, 1.54) is 27.8 Å². The van der Waals surface area contributed by atoms with Gasteiger partial charge in [-0.3, -0.25) is 0 Å². The van der Waals surface area contributed by atoms with Gasteiger partial charge in [0.25, 0.3) is 0 Å². The highest BCUT2D eigenvalue weighted by Crippen LogP contribution is 2.38. The monoisotopic (exact) mass is 292 g/mol. The van der Waals surface area contributed by atoms with Crippen molar-refractivity contribution in [3.05, 3.63) is 56.1 Å². The predicted octanol–water partition coefficient (Wildman–Crippen LogP) is 6.20. The highest BCUT2D eigenvalue weighted by Gasteiger charge is 2.16. The molecule has 2 heteroatoms. The van der Waals surface area contributed by atoms with Crippen LogP contribution in [0.25, 0.3) is 11.1 Å². The van der Waals surface area contributed by atoms with Crippen molar-refractivity contribution in [3.8, 4) is 11.1 Å². The smallest absolute Gasteiger partial charge is 0.0470 e.